The van der Waals surface area contributed by atoms with Gasteiger partial charge in [-0.3, -0.25) is 0 Å². The number of imidazole rings is 1. The van der Waals surface area contributed by atoms with E-state index in [1.54, 1.807) is 6.33 Å². The molecule has 4 heterocycles. The first-order valence-corrected chi connectivity index (χ1v) is 11.4. The lowest BCUT2D eigenvalue weighted by Gasteiger charge is -2.22. The van der Waals surface area contributed by atoms with Gasteiger partial charge in [-0.1, -0.05) is 36.4 Å². The average Bonchev–Trinajstić information content (AvgIpc) is 3.32. The standard InChI is InChI=1S/C27H25N5O/c1-2-4-20(5-3-1)25-17-32-16-22(7-9-26(32)31-25)21-6-8-24-23(14-21)27(30-18-29-24)28-15-19-10-12-33-13-11-19/h1-9,14,16-19H,10-13,15H2,(H,28,29,30). The predicted molar refractivity (Wildman–Crippen MR) is 131 cm³/mol. The summed E-state index contributed by atoms with van der Waals surface area (Å²) in [5.74, 6) is 1.51. The van der Waals surface area contributed by atoms with E-state index in [-0.39, 0.29) is 0 Å². The van der Waals surface area contributed by atoms with Crippen molar-refractivity contribution in [1.29, 1.82) is 0 Å². The molecular weight excluding hydrogens is 410 g/mol. The van der Waals surface area contributed by atoms with Gasteiger partial charge in [0.1, 0.15) is 17.8 Å². The fraction of sp³-hybridized carbons (Fsp3) is 0.222. The van der Waals surface area contributed by atoms with Gasteiger partial charge >= 0.3 is 0 Å². The maximum absolute atomic E-state index is 5.48. The second-order valence-electron chi connectivity index (χ2n) is 8.57. The fourth-order valence-electron chi connectivity index (χ4n) is 4.48. The Hall–Kier alpha value is -3.77. The summed E-state index contributed by atoms with van der Waals surface area (Å²) >= 11 is 0. The van der Waals surface area contributed by atoms with Gasteiger partial charge in [0, 0.05) is 43.1 Å². The van der Waals surface area contributed by atoms with Crippen LogP contribution < -0.4 is 5.32 Å². The molecule has 1 aliphatic heterocycles. The Morgan fingerprint density at radius 3 is 2.61 bits per heavy atom. The smallest absolute Gasteiger partial charge is 0.137 e. The van der Waals surface area contributed by atoms with Gasteiger partial charge in [-0.15, -0.1) is 0 Å². The monoisotopic (exact) mass is 435 g/mol. The summed E-state index contributed by atoms with van der Waals surface area (Å²) in [6.07, 6.45) is 8.04. The fourth-order valence-corrected chi connectivity index (χ4v) is 4.48. The zero-order valence-electron chi connectivity index (χ0n) is 18.3. The van der Waals surface area contributed by atoms with E-state index in [4.69, 9.17) is 9.72 Å². The molecule has 1 fully saturated rings. The highest BCUT2D eigenvalue weighted by atomic mass is 16.5. The average molecular weight is 436 g/mol. The quantitative estimate of drug-likeness (QED) is 0.398. The number of nitrogens with one attached hydrogen (secondary N) is 1. The summed E-state index contributed by atoms with van der Waals surface area (Å²) in [4.78, 5) is 13.8. The summed E-state index contributed by atoms with van der Waals surface area (Å²) in [6, 6.07) is 20.8. The third kappa shape index (κ3) is 4.05. The van der Waals surface area contributed by atoms with Gasteiger partial charge in [0.25, 0.3) is 0 Å². The second-order valence-corrected chi connectivity index (χ2v) is 8.57. The molecule has 3 aromatic heterocycles. The number of hydrogen-bond donors (Lipinski definition) is 1. The molecule has 1 saturated heterocycles. The first-order valence-electron chi connectivity index (χ1n) is 11.4. The number of anilines is 1. The number of aromatic nitrogens is 4. The van der Waals surface area contributed by atoms with Gasteiger partial charge in [-0.2, -0.15) is 0 Å². The minimum Gasteiger partial charge on any atom is -0.381 e. The zero-order valence-corrected chi connectivity index (χ0v) is 18.3. The highest BCUT2D eigenvalue weighted by Gasteiger charge is 2.15. The van der Waals surface area contributed by atoms with Crippen LogP contribution in [0, 0.1) is 5.92 Å². The number of nitrogens with zero attached hydrogens (tertiary/aromatic N) is 4. The van der Waals surface area contributed by atoms with E-state index in [1.165, 1.54) is 0 Å². The summed E-state index contributed by atoms with van der Waals surface area (Å²) < 4.78 is 7.57. The van der Waals surface area contributed by atoms with E-state index in [0.717, 1.165) is 77.4 Å². The van der Waals surface area contributed by atoms with Crippen LogP contribution in [0.15, 0.2) is 79.4 Å². The van der Waals surface area contributed by atoms with Gasteiger partial charge < -0.3 is 14.5 Å². The maximum Gasteiger partial charge on any atom is 0.137 e. The molecule has 1 aliphatic rings. The lowest BCUT2D eigenvalue weighted by molar-refractivity contribution is 0.0699. The topological polar surface area (TPSA) is 64.3 Å². The van der Waals surface area contributed by atoms with Crippen molar-refractivity contribution in [3.63, 3.8) is 0 Å². The molecule has 6 nitrogen and oxygen atoms in total. The van der Waals surface area contributed by atoms with Crippen molar-refractivity contribution in [3.8, 4) is 22.4 Å². The Morgan fingerprint density at radius 2 is 1.73 bits per heavy atom. The molecule has 0 radical (unpaired) electrons. The lowest BCUT2D eigenvalue weighted by Crippen LogP contribution is -2.23. The summed E-state index contributed by atoms with van der Waals surface area (Å²) in [5, 5.41) is 4.60. The van der Waals surface area contributed by atoms with Crippen molar-refractivity contribution in [2.75, 3.05) is 25.1 Å². The van der Waals surface area contributed by atoms with E-state index in [2.05, 4.69) is 74.5 Å². The van der Waals surface area contributed by atoms with Gasteiger partial charge in [0.05, 0.1) is 11.2 Å². The summed E-state index contributed by atoms with van der Waals surface area (Å²) in [7, 11) is 0. The molecule has 33 heavy (non-hydrogen) atoms. The number of pyridine rings is 1. The lowest BCUT2D eigenvalue weighted by atomic mass is 10.0. The number of fused-ring (bicyclic) bond motifs is 2. The zero-order chi connectivity index (χ0) is 22.0. The predicted octanol–water partition coefficient (Wildman–Crippen LogP) is 5.45. The number of hydrogen-bond acceptors (Lipinski definition) is 5. The number of ether oxygens (including phenoxy) is 1. The molecule has 0 saturated carbocycles. The van der Waals surface area contributed by atoms with Gasteiger partial charge in [0.15, 0.2) is 0 Å². The Kier molecular flexibility index (Phi) is 5.20. The highest BCUT2D eigenvalue weighted by Crippen LogP contribution is 2.28. The molecule has 1 N–H and O–H groups in total. The Bertz CT molecular complexity index is 1410. The van der Waals surface area contributed by atoms with Crippen LogP contribution in [-0.4, -0.2) is 39.1 Å². The summed E-state index contributed by atoms with van der Waals surface area (Å²) in [5.41, 5.74) is 6.22. The molecule has 2 aromatic carbocycles. The minimum absolute atomic E-state index is 0.620. The Labute approximate surface area is 192 Å². The van der Waals surface area contributed by atoms with Crippen molar-refractivity contribution in [3.05, 3.63) is 79.4 Å². The van der Waals surface area contributed by atoms with Crippen LogP contribution in [0.1, 0.15) is 12.8 Å². The van der Waals surface area contributed by atoms with Gasteiger partial charge in [0.2, 0.25) is 0 Å². The van der Waals surface area contributed by atoms with Crippen molar-refractivity contribution < 1.29 is 4.74 Å². The van der Waals surface area contributed by atoms with Crippen LogP contribution in [0.3, 0.4) is 0 Å². The van der Waals surface area contributed by atoms with E-state index in [9.17, 15) is 0 Å². The van der Waals surface area contributed by atoms with Crippen molar-refractivity contribution >= 4 is 22.4 Å². The molecule has 0 amide bonds. The molecular formula is C27H25N5O. The van der Waals surface area contributed by atoms with E-state index < -0.39 is 0 Å². The van der Waals surface area contributed by atoms with E-state index in [1.807, 2.05) is 18.2 Å². The van der Waals surface area contributed by atoms with Crippen molar-refractivity contribution in [2.24, 2.45) is 5.92 Å². The Balaban J connectivity index is 1.32. The second kappa shape index (κ2) is 8.64. The molecule has 164 valence electrons. The molecule has 0 spiro atoms. The summed E-state index contributed by atoms with van der Waals surface area (Å²) in [6.45, 7) is 2.61. The maximum atomic E-state index is 5.48. The molecule has 6 heteroatoms. The van der Waals surface area contributed by atoms with Crippen molar-refractivity contribution in [2.45, 2.75) is 12.8 Å². The van der Waals surface area contributed by atoms with Crippen molar-refractivity contribution in [1.82, 2.24) is 19.4 Å². The normalized spacial score (nSPS) is 14.7. The Morgan fingerprint density at radius 1 is 0.879 bits per heavy atom. The van der Waals surface area contributed by atoms with Crippen LogP contribution in [0.5, 0.6) is 0 Å². The highest BCUT2D eigenvalue weighted by molar-refractivity contribution is 5.92. The molecule has 0 aliphatic carbocycles. The first kappa shape index (κ1) is 19.9. The van der Waals surface area contributed by atoms with Gasteiger partial charge in [-0.25, -0.2) is 15.0 Å². The van der Waals surface area contributed by atoms with Gasteiger partial charge in [-0.05, 0) is 54.2 Å². The van der Waals surface area contributed by atoms with Crippen LogP contribution >= 0.6 is 0 Å². The van der Waals surface area contributed by atoms with Crippen LogP contribution in [0.25, 0.3) is 38.9 Å². The minimum atomic E-state index is 0.620. The van der Waals surface area contributed by atoms with Crippen LogP contribution in [0.4, 0.5) is 5.82 Å². The number of benzene rings is 2. The largest absolute Gasteiger partial charge is 0.381 e. The first-order chi connectivity index (χ1) is 16.3. The van der Waals surface area contributed by atoms with E-state index in [0.29, 0.717) is 5.92 Å². The third-order valence-corrected chi connectivity index (χ3v) is 6.39. The molecule has 5 aromatic rings. The van der Waals surface area contributed by atoms with E-state index >= 15 is 0 Å². The molecule has 6 rings (SSSR count). The number of rotatable bonds is 5. The van der Waals surface area contributed by atoms with Crippen LogP contribution in [0.2, 0.25) is 0 Å². The van der Waals surface area contributed by atoms with Crippen LogP contribution in [-0.2, 0) is 4.74 Å². The SMILES string of the molecule is c1ccc(-c2cn3cc(-c4ccc5ncnc(NCC6CCOCC6)c5c4)ccc3n2)cc1. The third-order valence-electron chi connectivity index (χ3n) is 6.39. The molecule has 0 bridgehead atoms. The molecule has 0 unspecified atom stereocenters. The molecule has 0 atom stereocenters.